The van der Waals surface area contributed by atoms with E-state index in [0.717, 1.165) is 0 Å². The Bertz CT molecular complexity index is 786. The third-order valence-corrected chi connectivity index (χ3v) is 4.57. The molecule has 1 aliphatic rings. The Morgan fingerprint density at radius 2 is 1.55 bits per heavy atom. The molecule has 0 unspecified atom stereocenters. The third-order valence-electron chi connectivity index (χ3n) is 4.57. The van der Waals surface area contributed by atoms with E-state index in [1.54, 1.807) is 36.2 Å². The minimum absolute atomic E-state index is 0.00679. The van der Waals surface area contributed by atoms with Gasteiger partial charge in [0.1, 0.15) is 0 Å². The molecule has 0 spiro atoms. The Hall–Kier alpha value is -3.11. The molecule has 1 aliphatic heterocycles. The Labute approximate surface area is 177 Å². The summed E-state index contributed by atoms with van der Waals surface area (Å²) in [5.74, 6) is -2.89. The zero-order valence-electron chi connectivity index (χ0n) is 17.5. The minimum Gasteiger partial charge on any atom is -0.475 e. The highest BCUT2D eigenvalue weighted by Crippen LogP contribution is 2.20. The summed E-state index contributed by atoms with van der Waals surface area (Å²) >= 11 is 0. The zero-order chi connectivity index (χ0) is 23.8. The highest BCUT2D eigenvalue weighted by Gasteiger charge is 2.38. The maximum absolute atomic E-state index is 12.5. The molecule has 0 radical (unpaired) electrons. The number of benzene rings is 1. The molecule has 3 amide bonds. The van der Waals surface area contributed by atoms with E-state index in [-0.39, 0.29) is 29.6 Å². The molecule has 1 aromatic carbocycles. The van der Waals surface area contributed by atoms with E-state index < -0.39 is 12.1 Å². The lowest BCUT2D eigenvalue weighted by Crippen LogP contribution is -2.42. The fourth-order valence-electron chi connectivity index (χ4n) is 2.71. The van der Waals surface area contributed by atoms with Gasteiger partial charge in [-0.3, -0.25) is 14.4 Å². The van der Waals surface area contributed by atoms with E-state index in [9.17, 15) is 27.6 Å². The highest BCUT2D eigenvalue weighted by molar-refractivity contribution is 5.96. The van der Waals surface area contributed by atoms with E-state index in [1.165, 1.54) is 0 Å². The fraction of sp³-hybridized carbons (Fsp3) is 0.500. The predicted molar refractivity (Wildman–Crippen MR) is 106 cm³/mol. The van der Waals surface area contributed by atoms with Gasteiger partial charge in [0.25, 0.3) is 5.91 Å². The number of halogens is 3. The number of piperidine rings is 1. The van der Waals surface area contributed by atoms with Crippen molar-refractivity contribution >= 4 is 29.4 Å². The molecule has 8 nitrogen and oxygen atoms in total. The second kappa shape index (κ2) is 11.3. The largest absolute Gasteiger partial charge is 0.490 e. The third kappa shape index (κ3) is 8.27. The number of carbonyl (C=O) groups excluding carboxylic acids is 3. The van der Waals surface area contributed by atoms with E-state index in [2.05, 4.69) is 10.6 Å². The average Bonchev–Trinajstić information content (AvgIpc) is 2.73. The number of nitrogens with one attached hydrogen (secondary N) is 2. The summed E-state index contributed by atoms with van der Waals surface area (Å²) in [5, 5.41) is 12.6. The Balaban J connectivity index is 0.000000592. The second-order valence-electron chi connectivity index (χ2n) is 7.20. The van der Waals surface area contributed by atoms with Gasteiger partial charge in [-0.05, 0) is 37.1 Å². The number of carboxylic acids is 1. The molecule has 0 saturated carbocycles. The van der Waals surface area contributed by atoms with Crippen molar-refractivity contribution in [2.45, 2.75) is 32.9 Å². The van der Waals surface area contributed by atoms with Crippen LogP contribution in [0.4, 0.5) is 18.9 Å². The van der Waals surface area contributed by atoms with Crippen molar-refractivity contribution in [1.82, 2.24) is 10.2 Å². The number of carboxylic acid groups (broad SMARTS) is 1. The van der Waals surface area contributed by atoms with Gasteiger partial charge >= 0.3 is 12.1 Å². The van der Waals surface area contributed by atoms with Crippen LogP contribution in [0, 0.1) is 11.8 Å². The summed E-state index contributed by atoms with van der Waals surface area (Å²) in [6.07, 6.45) is -3.71. The van der Waals surface area contributed by atoms with Crippen molar-refractivity contribution in [2.24, 2.45) is 11.8 Å². The number of aliphatic carboxylic acids is 1. The standard InChI is InChI=1S/C18H25N3O3.C2HF3O2/c1-12(2)16(22)20-15-6-4-14(5-7-15)18(24)21-10-8-13(9-11-21)17(23)19-3;3-2(4,5)1(6)7/h4-7,12-13H,8-11H2,1-3H3,(H,19,23)(H,20,22);(H,6,7). The van der Waals surface area contributed by atoms with E-state index in [4.69, 9.17) is 9.90 Å². The number of anilines is 1. The first-order valence-corrected chi connectivity index (χ1v) is 9.58. The number of likely N-dealkylation sites (tertiary alicyclic amines) is 1. The van der Waals surface area contributed by atoms with Crippen molar-refractivity contribution in [3.8, 4) is 0 Å². The lowest BCUT2D eigenvalue weighted by Gasteiger charge is -2.31. The number of hydrogen-bond donors (Lipinski definition) is 3. The molecule has 2 rings (SSSR count). The summed E-state index contributed by atoms with van der Waals surface area (Å²) < 4.78 is 31.7. The molecule has 3 N–H and O–H groups in total. The first-order chi connectivity index (χ1) is 14.4. The van der Waals surface area contributed by atoms with Gasteiger partial charge in [-0.25, -0.2) is 4.79 Å². The maximum Gasteiger partial charge on any atom is 0.490 e. The van der Waals surface area contributed by atoms with Crippen LogP contribution in [0.15, 0.2) is 24.3 Å². The van der Waals surface area contributed by atoms with Crippen LogP contribution in [-0.4, -0.2) is 60.0 Å². The molecule has 0 bridgehead atoms. The molecule has 0 atom stereocenters. The van der Waals surface area contributed by atoms with Gasteiger partial charge in [0.2, 0.25) is 11.8 Å². The Morgan fingerprint density at radius 1 is 1.06 bits per heavy atom. The second-order valence-corrected chi connectivity index (χ2v) is 7.20. The van der Waals surface area contributed by atoms with Gasteiger partial charge in [-0.2, -0.15) is 13.2 Å². The minimum atomic E-state index is -5.08. The molecule has 1 saturated heterocycles. The molecule has 1 aromatic rings. The van der Waals surface area contributed by atoms with Crippen LogP contribution >= 0.6 is 0 Å². The van der Waals surface area contributed by atoms with E-state index in [0.29, 0.717) is 37.2 Å². The summed E-state index contributed by atoms with van der Waals surface area (Å²) in [6, 6.07) is 6.93. The van der Waals surface area contributed by atoms with Gasteiger partial charge in [0.15, 0.2) is 0 Å². The fourth-order valence-corrected chi connectivity index (χ4v) is 2.71. The summed E-state index contributed by atoms with van der Waals surface area (Å²) in [4.78, 5) is 46.5. The average molecular weight is 445 g/mol. The Kier molecular flexibility index (Phi) is 9.47. The molecule has 0 aromatic heterocycles. The lowest BCUT2D eigenvalue weighted by atomic mass is 9.95. The zero-order valence-corrected chi connectivity index (χ0v) is 17.5. The molecule has 1 heterocycles. The maximum atomic E-state index is 12.5. The first-order valence-electron chi connectivity index (χ1n) is 9.58. The summed E-state index contributed by atoms with van der Waals surface area (Å²) in [7, 11) is 1.64. The predicted octanol–water partition coefficient (Wildman–Crippen LogP) is 2.51. The summed E-state index contributed by atoms with van der Waals surface area (Å²) in [6.45, 7) is 4.83. The summed E-state index contributed by atoms with van der Waals surface area (Å²) in [5.41, 5.74) is 1.28. The van der Waals surface area contributed by atoms with Crippen molar-refractivity contribution in [3.05, 3.63) is 29.8 Å². The number of alkyl halides is 3. The lowest BCUT2D eigenvalue weighted by molar-refractivity contribution is -0.192. The molecule has 0 aliphatic carbocycles. The van der Waals surface area contributed by atoms with Crippen molar-refractivity contribution in [1.29, 1.82) is 0 Å². The number of hydrogen-bond acceptors (Lipinski definition) is 4. The number of amides is 3. The van der Waals surface area contributed by atoms with E-state index >= 15 is 0 Å². The quantitative estimate of drug-likeness (QED) is 0.659. The van der Waals surface area contributed by atoms with Gasteiger partial charge in [-0.15, -0.1) is 0 Å². The van der Waals surface area contributed by atoms with Crippen molar-refractivity contribution < 1.29 is 37.5 Å². The highest BCUT2D eigenvalue weighted by atomic mass is 19.4. The molecular formula is C20H26F3N3O5. The monoisotopic (exact) mass is 445 g/mol. The topological polar surface area (TPSA) is 116 Å². The number of nitrogens with zero attached hydrogens (tertiary/aromatic N) is 1. The van der Waals surface area contributed by atoms with E-state index in [1.807, 2.05) is 13.8 Å². The van der Waals surface area contributed by atoms with Gasteiger partial charge in [0.05, 0.1) is 0 Å². The molecule has 172 valence electrons. The normalized spacial score (nSPS) is 14.4. The van der Waals surface area contributed by atoms with Crippen molar-refractivity contribution in [3.63, 3.8) is 0 Å². The van der Waals surface area contributed by atoms with Gasteiger partial charge in [-0.1, -0.05) is 13.8 Å². The van der Waals surface area contributed by atoms with Gasteiger partial charge in [0, 0.05) is 43.2 Å². The smallest absolute Gasteiger partial charge is 0.475 e. The molecule has 31 heavy (non-hydrogen) atoms. The van der Waals surface area contributed by atoms with Crippen LogP contribution in [0.1, 0.15) is 37.0 Å². The van der Waals surface area contributed by atoms with Crippen LogP contribution in [0.3, 0.4) is 0 Å². The first kappa shape index (κ1) is 25.9. The molecule has 11 heteroatoms. The molecular weight excluding hydrogens is 419 g/mol. The number of carbonyl (C=O) groups is 4. The number of rotatable bonds is 4. The van der Waals surface area contributed by atoms with Crippen LogP contribution in [0.5, 0.6) is 0 Å². The van der Waals surface area contributed by atoms with Crippen LogP contribution in [-0.2, 0) is 14.4 Å². The van der Waals surface area contributed by atoms with Gasteiger partial charge < -0.3 is 20.6 Å². The van der Waals surface area contributed by atoms with Crippen molar-refractivity contribution in [2.75, 3.05) is 25.5 Å². The molecule has 1 fully saturated rings. The van der Waals surface area contributed by atoms with Crippen LogP contribution in [0.25, 0.3) is 0 Å². The van der Waals surface area contributed by atoms with Crippen LogP contribution < -0.4 is 10.6 Å². The SMILES string of the molecule is CNC(=O)C1CCN(C(=O)c2ccc(NC(=O)C(C)C)cc2)CC1.O=C(O)C(F)(F)F. The van der Waals surface area contributed by atoms with Crippen LogP contribution in [0.2, 0.25) is 0 Å². The Morgan fingerprint density at radius 3 is 1.94 bits per heavy atom.